The van der Waals surface area contributed by atoms with Crippen molar-refractivity contribution in [1.29, 1.82) is 0 Å². The minimum atomic E-state index is -0.759. The van der Waals surface area contributed by atoms with Crippen LogP contribution in [0.25, 0.3) is 0 Å². The molecule has 1 aliphatic rings. The molecule has 0 saturated heterocycles. The van der Waals surface area contributed by atoms with Crippen LogP contribution >= 0.6 is 0 Å². The van der Waals surface area contributed by atoms with Crippen LogP contribution in [0.2, 0.25) is 0 Å². The molecule has 1 saturated carbocycles. The van der Waals surface area contributed by atoms with Crippen molar-refractivity contribution in [1.82, 2.24) is 5.32 Å². The Kier molecular flexibility index (Phi) is 5.18. The van der Waals surface area contributed by atoms with Crippen molar-refractivity contribution in [3.05, 3.63) is 35.4 Å². The first kappa shape index (κ1) is 15.0. The van der Waals surface area contributed by atoms with Gasteiger partial charge in [-0.25, -0.2) is 0 Å². The first-order valence-corrected chi connectivity index (χ1v) is 7.61. The molecule has 20 heavy (non-hydrogen) atoms. The number of carboxylic acid groups (broad SMARTS) is 1. The highest BCUT2D eigenvalue weighted by atomic mass is 16.4. The van der Waals surface area contributed by atoms with E-state index in [0.29, 0.717) is 18.9 Å². The molecule has 110 valence electrons. The Morgan fingerprint density at radius 1 is 1.30 bits per heavy atom. The summed E-state index contributed by atoms with van der Waals surface area (Å²) >= 11 is 0. The summed E-state index contributed by atoms with van der Waals surface area (Å²) in [5.74, 6) is 0.374. The fourth-order valence-corrected chi connectivity index (χ4v) is 2.63. The number of benzene rings is 1. The summed E-state index contributed by atoms with van der Waals surface area (Å²) in [4.78, 5) is 11.2. The van der Waals surface area contributed by atoms with Gasteiger partial charge in [0.05, 0.1) is 0 Å². The van der Waals surface area contributed by atoms with E-state index in [4.69, 9.17) is 0 Å². The Morgan fingerprint density at radius 3 is 2.40 bits per heavy atom. The minimum Gasteiger partial charge on any atom is -0.480 e. The lowest BCUT2D eigenvalue weighted by atomic mass is 9.80. The van der Waals surface area contributed by atoms with E-state index < -0.39 is 12.0 Å². The molecule has 0 aromatic heterocycles. The predicted octanol–water partition coefficient (Wildman–Crippen LogP) is 3.54. The summed E-state index contributed by atoms with van der Waals surface area (Å²) in [6, 6.07) is 8.17. The smallest absolute Gasteiger partial charge is 0.320 e. The van der Waals surface area contributed by atoms with E-state index >= 15 is 0 Å². The highest BCUT2D eigenvalue weighted by Gasteiger charge is 2.20. The van der Waals surface area contributed by atoms with Crippen LogP contribution in [-0.2, 0) is 11.3 Å². The second-order valence-corrected chi connectivity index (χ2v) is 6.27. The molecule has 0 bridgehead atoms. The van der Waals surface area contributed by atoms with Crippen LogP contribution in [0.5, 0.6) is 0 Å². The van der Waals surface area contributed by atoms with Crippen molar-refractivity contribution < 1.29 is 9.90 Å². The number of carboxylic acids is 1. The maximum Gasteiger partial charge on any atom is 0.320 e. The van der Waals surface area contributed by atoms with Crippen LogP contribution in [0, 0.1) is 5.92 Å². The largest absolute Gasteiger partial charge is 0.480 e. The lowest BCUT2D eigenvalue weighted by Crippen LogP contribution is -2.37. The molecular formula is C17H25NO2. The second-order valence-electron chi connectivity index (χ2n) is 6.27. The van der Waals surface area contributed by atoms with E-state index in [1.54, 1.807) is 0 Å². The first-order chi connectivity index (χ1) is 9.56. The van der Waals surface area contributed by atoms with Gasteiger partial charge in [-0.2, -0.15) is 0 Å². The van der Waals surface area contributed by atoms with Gasteiger partial charge in [0, 0.05) is 6.54 Å². The van der Waals surface area contributed by atoms with Gasteiger partial charge >= 0.3 is 5.97 Å². The Balaban J connectivity index is 1.87. The third-order valence-corrected chi connectivity index (χ3v) is 4.11. The summed E-state index contributed by atoms with van der Waals surface area (Å²) in [7, 11) is 0. The third-order valence-electron chi connectivity index (χ3n) is 4.11. The quantitative estimate of drug-likeness (QED) is 0.800. The lowest BCUT2D eigenvalue weighted by molar-refractivity contribution is -0.140. The highest BCUT2D eigenvalue weighted by molar-refractivity contribution is 5.73. The maximum atomic E-state index is 11.2. The number of hydrogen-bond donors (Lipinski definition) is 2. The van der Waals surface area contributed by atoms with Gasteiger partial charge in [0.25, 0.3) is 0 Å². The van der Waals surface area contributed by atoms with Crippen molar-refractivity contribution in [3.63, 3.8) is 0 Å². The summed E-state index contributed by atoms with van der Waals surface area (Å²) in [6.07, 6.45) is 4.64. The Labute approximate surface area is 121 Å². The number of aliphatic carboxylic acids is 1. The molecule has 0 aliphatic heterocycles. The molecule has 1 aromatic carbocycles. The number of carbonyl (C=O) groups is 1. The Bertz CT molecular complexity index is 435. The van der Waals surface area contributed by atoms with Gasteiger partial charge < -0.3 is 10.4 Å². The first-order valence-electron chi connectivity index (χ1n) is 7.61. The number of hydrogen-bond acceptors (Lipinski definition) is 2. The fourth-order valence-electron chi connectivity index (χ4n) is 2.63. The van der Waals surface area contributed by atoms with E-state index in [-0.39, 0.29) is 0 Å². The predicted molar refractivity (Wildman–Crippen MR) is 80.8 cm³/mol. The molecule has 3 nitrogen and oxygen atoms in total. The normalized spacial score (nSPS) is 16.9. The molecule has 1 atom stereocenters. The van der Waals surface area contributed by atoms with Crippen molar-refractivity contribution >= 4 is 5.97 Å². The molecule has 0 heterocycles. The van der Waals surface area contributed by atoms with E-state index in [1.165, 1.54) is 24.8 Å². The van der Waals surface area contributed by atoms with Crippen molar-refractivity contribution in [2.45, 2.75) is 58.0 Å². The Morgan fingerprint density at radius 2 is 1.95 bits per heavy atom. The Hall–Kier alpha value is -1.35. The van der Waals surface area contributed by atoms with E-state index in [9.17, 15) is 9.90 Å². The summed E-state index contributed by atoms with van der Waals surface area (Å²) in [5, 5.41) is 12.3. The lowest BCUT2D eigenvalue weighted by Gasteiger charge is -2.26. The monoisotopic (exact) mass is 275 g/mol. The molecule has 0 amide bonds. The molecule has 2 N–H and O–H groups in total. The van der Waals surface area contributed by atoms with Crippen molar-refractivity contribution in [2.75, 3.05) is 0 Å². The molecule has 1 aliphatic carbocycles. The molecule has 0 spiro atoms. The average molecular weight is 275 g/mol. The molecule has 3 heteroatoms. The van der Waals surface area contributed by atoms with Crippen molar-refractivity contribution in [3.8, 4) is 0 Å². The van der Waals surface area contributed by atoms with E-state index in [1.807, 2.05) is 13.8 Å². The van der Waals surface area contributed by atoms with Gasteiger partial charge in [-0.3, -0.25) is 4.79 Å². The number of nitrogens with one attached hydrogen (secondary N) is 1. The average Bonchev–Trinajstić information content (AvgIpc) is 2.33. The molecule has 1 unspecified atom stereocenters. The summed E-state index contributed by atoms with van der Waals surface area (Å²) in [6.45, 7) is 4.71. The third kappa shape index (κ3) is 4.07. The van der Waals surface area contributed by atoms with Crippen LogP contribution in [0.1, 0.15) is 56.6 Å². The van der Waals surface area contributed by atoms with E-state index in [0.717, 1.165) is 11.5 Å². The van der Waals surface area contributed by atoms with Crippen molar-refractivity contribution in [2.24, 2.45) is 5.92 Å². The van der Waals surface area contributed by atoms with Gasteiger partial charge in [-0.05, 0) is 42.2 Å². The minimum absolute atomic E-state index is 0.379. The van der Waals surface area contributed by atoms with E-state index in [2.05, 4.69) is 29.6 Å². The topological polar surface area (TPSA) is 49.3 Å². The molecular weight excluding hydrogens is 250 g/mol. The standard InChI is InChI=1S/C17H25NO2/c1-12(2)10-16(17(19)20)18-11-13-6-8-15(9-7-13)14-4-3-5-14/h6-9,12,14,16,18H,3-5,10-11H2,1-2H3,(H,19,20). The zero-order chi connectivity index (χ0) is 14.5. The molecule has 1 fully saturated rings. The summed E-state index contributed by atoms with van der Waals surface area (Å²) in [5.41, 5.74) is 2.58. The number of rotatable bonds is 7. The van der Waals surface area contributed by atoms with Crippen LogP contribution in [0.4, 0.5) is 0 Å². The maximum absolute atomic E-state index is 11.2. The molecule has 0 radical (unpaired) electrons. The van der Waals surface area contributed by atoms with Gasteiger partial charge in [-0.1, -0.05) is 44.5 Å². The van der Waals surface area contributed by atoms with Gasteiger partial charge in [0.1, 0.15) is 6.04 Å². The molecule has 1 aromatic rings. The SMILES string of the molecule is CC(C)CC(NCc1ccc(C2CCC2)cc1)C(=O)O. The molecule has 2 rings (SSSR count). The van der Waals surface area contributed by atoms with Crippen LogP contribution in [-0.4, -0.2) is 17.1 Å². The van der Waals surface area contributed by atoms with Gasteiger partial charge in [0.2, 0.25) is 0 Å². The second kappa shape index (κ2) is 6.89. The zero-order valence-corrected chi connectivity index (χ0v) is 12.4. The van der Waals surface area contributed by atoms with Crippen LogP contribution < -0.4 is 5.32 Å². The fraction of sp³-hybridized carbons (Fsp3) is 0.588. The van der Waals surface area contributed by atoms with Crippen LogP contribution in [0.15, 0.2) is 24.3 Å². The highest BCUT2D eigenvalue weighted by Crippen LogP contribution is 2.36. The van der Waals surface area contributed by atoms with Gasteiger partial charge in [0.15, 0.2) is 0 Å². The van der Waals surface area contributed by atoms with Crippen LogP contribution in [0.3, 0.4) is 0 Å². The zero-order valence-electron chi connectivity index (χ0n) is 12.4. The summed E-state index contributed by atoms with van der Waals surface area (Å²) < 4.78 is 0. The van der Waals surface area contributed by atoms with Gasteiger partial charge in [-0.15, -0.1) is 0 Å².